The molecule has 0 aliphatic heterocycles. The van der Waals surface area contributed by atoms with Crippen LogP contribution in [0.25, 0.3) is 0 Å². The van der Waals surface area contributed by atoms with Gasteiger partial charge in [-0.1, -0.05) is 65.5 Å². The lowest BCUT2D eigenvalue weighted by atomic mass is 9.46. The summed E-state index contributed by atoms with van der Waals surface area (Å²) in [6.45, 7) is 13.7. The van der Waals surface area contributed by atoms with Crippen molar-refractivity contribution in [3.8, 4) is 0 Å². The van der Waals surface area contributed by atoms with Crippen molar-refractivity contribution in [2.75, 3.05) is 46.2 Å². The molecule has 0 aromatic rings. The quantitative estimate of drug-likeness (QED) is 0.129. The fraction of sp³-hybridized carbons (Fsp3) is 0.917. The van der Waals surface area contributed by atoms with Crippen LogP contribution in [0.15, 0.2) is 11.6 Å². The normalized spacial score (nSPS) is 36.2. The first-order valence-electron chi connectivity index (χ1n) is 17.7. The Kier molecular flexibility index (Phi) is 12.6. The molecule has 4 rings (SSSR count). The number of allylic oxidation sites excluding steroid dienone is 1. The van der Waals surface area contributed by atoms with Crippen molar-refractivity contribution in [3.63, 3.8) is 0 Å². The highest BCUT2D eigenvalue weighted by atomic mass is 16.6. The maximum absolute atomic E-state index is 12.2. The van der Waals surface area contributed by atoms with E-state index in [0.717, 1.165) is 36.5 Å². The molecule has 8 nitrogen and oxygen atoms in total. The van der Waals surface area contributed by atoms with Crippen molar-refractivity contribution in [1.29, 1.82) is 0 Å². The van der Waals surface area contributed by atoms with Crippen LogP contribution in [0.4, 0.5) is 4.79 Å². The second-order valence-corrected chi connectivity index (χ2v) is 15.4. The van der Waals surface area contributed by atoms with E-state index in [9.17, 15) is 9.90 Å². The van der Waals surface area contributed by atoms with Gasteiger partial charge in [-0.25, -0.2) is 4.79 Å². The Morgan fingerprint density at radius 2 is 1.68 bits per heavy atom. The van der Waals surface area contributed by atoms with Gasteiger partial charge in [-0.2, -0.15) is 0 Å². The van der Waals surface area contributed by atoms with Gasteiger partial charge in [0.1, 0.15) is 11.7 Å². The summed E-state index contributed by atoms with van der Waals surface area (Å²) in [5.41, 5.74) is 6.49. The molecule has 0 spiro atoms. The number of carbonyl (C=O) groups is 1. The Hall–Kier alpha value is -1.19. The van der Waals surface area contributed by atoms with Crippen molar-refractivity contribution in [2.24, 2.45) is 52.1 Å². The average Bonchev–Trinajstić information content (AvgIpc) is 3.33. The molecular formula is C36H63NO7. The molecule has 9 atom stereocenters. The topological polar surface area (TPSA) is 120 Å². The summed E-state index contributed by atoms with van der Waals surface area (Å²) in [5, 5.41) is 19.2. The third-order valence-electron chi connectivity index (χ3n) is 12.6. The van der Waals surface area contributed by atoms with Crippen LogP contribution in [0.1, 0.15) is 105 Å². The summed E-state index contributed by atoms with van der Waals surface area (Å²) in [7, 11) is 0. The zero-order chi connectivity index (χ0) is 32.0. The van der Waals surface area contributed by atoms with E-state index in [0.29, 0.717) is 49.9 Å². The number of nitrogens with two attached hydrogens (primary N) is 1. The molecule has 3 fully saturated rings. The Morgan fingerprint density at radius 3 is 2.36 bits per heavy atom. The van der Waals surface area contributed by atoms with Gasteiger partial charge in [-0.05, 0) is 91.3 Å². The van der Waals surface area contributed by atoms with E-state index in [1.54, 1.807) is 0 Å². The minimum Gasteiger partial charge on any atom is -0.440 e. The van der Waals surface area contributed by atoms with Gasteiger partial charge in [0.25, 0.3) is 0 Å². The molecular weight excluding hydrogens is 558 g/mol. The molecule has 0 heterocycles. The van der Waals surface area contributed by atoms with Crippen LogP contribution >= 0.6 is 0 Å². The molecule has 0 radical (unpaired) electrons. The van der Waals surface area contributed by atoms with Crippen molar-refractivity contribution in [2.45, 2.75) is 117 Å². The van der Waals surface area contributed by atoms with E-state index < -0.39 is 17.8 Å². The summed E-state index contributed by atoms with van der Waals surface area (Å²) in [6.07, 6.45) is 13.5. The molecule has 4 aliphatic rings. The van der Waals surface area contributed by atoms with E-state index >= 15 is 0 Å². The lowest BCUT2D eigenvalue weighted by molar-refractivity contribution is -0.157. The fourth-order valence-electron chi connectivity index (χ4n) is 10.3. The molecule has 2 unspecified atom stereocenters. The van der Waals surface area contributed by atoms with E-state index in [1.807, 2.05) is 0 Å². The van der Waals surface area contributed by atoms with Gasteiger partial charge in [0, 0.05) is 6.42 Å². The number of rotatable bonds is 17. The molecule has 1 amide bonds. The van der Waals surface area contributed by atoms with Gasteiger partial charge in [-0.15, -0.1) is 0 Å². The molecule has 4 aliphatic carbocycles. The van der Waals surface area contributed by atoms with E-state index in [2.05, 4.69) is 40.7 Å². The summed E-state index contributed by atoms with van der Waals surface area (Å²) in [6, 6.07) is 0. The molecule has 0 aromatic carbocycles. The van der Waals surface area contributed by atoms with Crippen LogP contribution in [-0.4, -0.2) is 74.3 Å². The Balaban J connectivity index is 1.43. The first kappa shape index (κ1) is 35.7. The van der Waals surface area contributed by atoms with E-state index in [-0.39, 0.29) is 31.8 Å². The largest absolute Gasteiger partial charge is 0.440 e. The second kappa shape index (κ2) is 15.6. The van der Waals surface area contributed by atoms with E-state index in [1.165, 1.54) is 50.5 Å². The van der Waals surface area contributed by atoms with Crippen molar-refractivity contribution in [3.05, 3.63) is 11.6 Å². The zero-order valence-electron chi connectivity index (χ0n) is 28.4. The highest BCUT2D eigenvalue weighted by molar-refractivity contribution is 5.65. The molecule has 3 saturated carbocycles. The lowest BCUT2D eigenvalue weighted by Crippen LogP contribution is -2.58. The molecule has 0 saturated heterocycles. The number of aliphatic hydroxyl groups excluding tert-OH is 2. The SMILES string of the molecule is CC(C)CCC[C@@H](C)[C@H]1CC[C@H]2[C@@H]3CC=C4CC(OC(N)=O)(C(CO)OCCOCCOCCO)CC[C@]4(C)[C@H]3CC[C@]12C. The molecule has 0 bridgehead atoms. The standard InChI is InChI=1S/C36H63NO7/c1-25(2)7-6-8-26(3)29-11-12-30-28-10-9-27-23-36(44-33(37)40,16-15-34(27,4)31(28)13-14-35(29,30)5)32(24-39)43-22-21-42-20-19-41-18-17-38/h9,25-26,28-32,38-39H,6-8,10-24H2,1-5H3,(H2,37,40)/t26-,28+,29-,30+,31+,32?,34+,35-,36?/m1/s1. The minimum absolute atomic E-state index is 0.0154. The highest BCUT2D eigenvalue weighted by Gasteiger charge is 2.61. The van der Waals surface area contributed by atoms with Gasteiger partial charge in [0.15, 0.2) is 0 Å². The Bertz CT molecular complexity index is 957. The summed E-state index contributed by atoms with van der Waals surface area (Å²) >= 11 is 0. The van der Waals surface area contributed by atoms with Gasteiger partial charge >= 0.3 is 6.09 Å². The van der Waals surface area contributed by atoms with Crippen molar-refractivity contribution < 1.29 is 34.0 Å². The maximum Gasteiger partial charge on any atom is 0.405 e. The van der Waals surface area contributed by atoms with E-state index in [4.69, 9.17) is 29.8 Å². The Morgan fingerprint density at radius 1 is 0.955 bits per heavy atom. The number of carbonyl (C=O) groups excluding carboxylic acids is 1. The molecule has 254 valence electrons. The first-order valence-corrected chi connectivity index (χ1v) is 17.7. The third kappa shape index (κ3) is 7.67. The van der Waals surface area contributed by atoms with Crippen LogP contribution in [0.3, 0.4) is 0 Å². The smallest absolute Gasteiger partial charge is 0.405 e. The molecule has 4 N–H and O–H groups in total. The van der Waals surface area contributed by atoms with Crippen molar-refractivity contribution >= 4 is 6.09 Å². The number of hydrogen-bond donors (Lipinski definition) is 3. The number of ether oxygens (including phenoxy) is 4. The third-order valence-corrected chi connectivity index (χ3v) is 12.6. The van der Waals surface area contributed by atoms with Gasteiger partial charge in [-0.3, -0.25) is 0 Å². The average molecular weight is 622 g/mol. The summed E-state index contributed by atoms with van der Waals surface area (Å²) in [5.74, 6) is 4.55. The number of aliphatic hydroxyl groups is 2. The van der Waals surface area contributed by atoms with Gasteiger partial charge in [0.2, 0.25) is 0 Å². The Labute approximate surface area is 266 Å². The lowest BCUT2D eigenvalue weighted by Gasteiger charge is -2.60. The summed E-state index contributed by atoms with van der Waals surface area (Å²) < 4.78 is 22.8. The van der Waals surface area contributed by atoms with Gasteiger partial charge in [0.05, 0.1) is 46.2 Å². The highest BCUT2D eigenvalue weighted by Crippen LogP contribution is 2.68. The molecule has 44 heavy (non-hydrogen) atoms. The zero-order valence-corrected chi connectivity index (χ0v) is 28.4. The van der Waals surface area contributed by atoms with Crippen LogP contribution in [0, 0.1) is 46.3 Å². The first-order chi connectivity index (χ1) is 21.0. The molecule has 8 heteroatoms. The number of fused-ring (bicyclic) bond motifs is 5. The fourth-order valence-corrected chi connectivity index (χ4v) is 10.3. The second-order valence-electron chi connectivity index (χ2n) is 15.4. The summed E-state index contributed by atoms with van der Waals surface area (Å²) in [4.78, 5) is 12.2. The number of amides is 1. The monoisotopic (exact) mass is 621 g/mol. The minimum atomic E-state index is -0.990. The van der Waals surface area contributed by atoms with Crippen LogP contribution < -0.4 is 5.73 Å². The maximum atomic E-state index is 12.2. The molecule has 0 aromatic heterocycles. The number of primary amides is 1. The number of hydrogen-bond acceptors (Lipinski definition) is 7. The van der Waals surface area contributed by atoms with Gasteiger partial charge < -0.3 is 34.9 Å². The van der Waals surface area contributed by atoms with Crippen molar-refractivity contribution in [1.82, 2.24) is 0 Å². The van der Waals surface area contributed by atoms with Crippen LogP contribution in [0.5, 0.6) is 0 Å². The predicted octanol–water partition coefficient (Wildman–Crippen LogP) is 6.26. The predicted molar refractivity (Wildman–Crippen MR) is 172 cm³/mol. The van der Waals surface area contributed by atoms with Crippen LogP contribution in [0.2, 0.25) is 0 Å². The van der Waals surface area contributed by atoms with Crippen LogP contribution in [-0.2, 0) is 18.9 Å².